The molecular weight excluding hydrogens is 250 g/mol. The van der Waals surface area contributed by atoms with Gasteiger partial charge in [-0.3, -0.25) is 0 Å². The summed E-state index contributed by atoms with van der Waals surface area (Å²) in [5, 5.41) is 9.40. The van der Waals surface area contributed by atoms with Crippen molar-refractivity contribution in [3.8, 4) is 0 Å². The van der Waals surface area contributed by atoms with Gasteiger partial charge in [0.1, 0.15) is 12.1 Å². The first-order valence-electron chi connectivity index (χ1n) is 6.97. The number of benzene rings is 1. The fourth-order valence-corrected chi connectivity index (χ4v) is 2.56. The predicted molar refractivity (Wildman–Crippen MR) is 78.6 cm³/mol. The van der Waals surface area contributed by atoms with Gasteiger partial charge in [0.05, 0.1) is 6.10 Å². The molecule has 0 bridgehead atoms. The van der Waals surface area contributed by atoms with Crippen LogP contribution in [0.1, 0.15) is 30.0 Å². The Kier molecular flexibility index (Phi) is 3.65. The molecule has 0 spiro atoms. The van der Waals surface area contributed by atoms with Crippen LogP contribution in [0.25, 0.3) is 0 Å². The lowest BCUT2D eigenvalue weighted by Crippen LogP contribution is -2.27. The van der Waals surface area contributed by atoms with Crippen molar-refractivity contribution in [3.63, 3.8) is 0 Å². The van der Waals surface area contributed by atoms with Crippen LogP contribution in [0.5, 0.6) is 0 Å². The van der Waals surface area contributed by atoms with Gasteiger partial charge in [-0.25, -0.2) is 9.97 Å². The highest BCUT2D eigenvalue weighted by Crippen LogP contribution is 2.36. The van der Waals surface area contributed by atoms with Gasteiger partial charge in [-0.1, -0.05) is 30.3 Å². The second-order valence-corrected chi connectivity index (χ2v) is 5.46. The first kappa shape index (κ1) is 13.1. The molecule has 1 saturated carbocycles. The van der Waals surface area contributed by atoms with Gasteiger partial charge < -0.3 is 10.0 Å². The van der Waals surface area contributed by atoms with Gasteiger partial charge in [0, 0.05) is 31.3 Å². The molecule has 104 valence electrons. The van der Waals surface area contributed by atoms with Crippen molar-refractivity contribution in [2.24, 2.45) is 0 Å². The Morgan fingerprint density at radius 2 is 1.95 bits per heavy atom. The minimum atomic E-state index is -0.152. The molecule has 0 aliphatic heterocycles. The van der Waals surface area contributed by atoms with E-state index in [-0.39, 0.29) is 6.10 Å². The number of hydrogen-bond acceptors (Lipinski definition) is 4. The number of aliphatic hydroxyl groups excluding tert-OH is 1. The maximum atomic E-state index is 9.40. The molecule has 1 heterocycles. The molecule has 1 fully saturated rings. The molecule has 2 aromatic rings. The summed E-state index contributed by atoms with van der Waals surface area (Å²) in [6.07, 6.45) is 3.11. The molecule has 1 N–H and O–H groups in total. The van der Waals surface area contributed by atoms with E-state index in [1.165, 1.54) is 5.56 Å². The lowest BCUT2D eigenvalue weighted by Gasteiger charge is -2.31. The van der Waals surface area contributed by atoms with Gasteiger partial charge >= 0.3 is 0 Å². The molecule has 0 unspecified atom stereocenters. The number of aliphatic hydroxyl groups is 1. The topological polar surface area (TPSA) is 49.2 Å². The minimum Gasteiger partial charge on any atom is -0.393 e. The zero-order valence-electron chi connectivity index (χ0n) is 11.6. The van der Waals surface area contributed by atoms with E-state index in [4.69, 9.17) is 0 Å². The van der Waals surface area contributed by atoms with E-state index in [0.29, 0.717) is 5.92 Å². The van der Waals surface area contributed by atoms with Gasteiger partial charge in [0.2, 0.25) is 0 Å². The van der Waals surface area contributed by atoms with Crippen LogP contribution in [0.3, 0.4) is 0 Å². The van der Waals surface area contributed by atoms with Crippen LogP contribution in [-0.2, 0) is 6.54 Å². The fourth-order valence-electron chi connectivity index (χ4n) is 2.56. The highest BCUT2D eigenvalue weighted by atomic mass is 16.3. The van der Waals surface area contributed by atoms with Gasteiger partial charge in [0.25, 0.3) is 0 Å². The molecule has 0 saturated heterocycles. The molecule has 1 aromatic heterocycles. The number of aromatic nitrogens is 2. The third kappa shape index (κ3) is 2.80. The van der Waals surface area contributed by atoms with E-state index in [9.17, 15) is 5.11 Å². The number of nitrogens with zero attached hydrogens (tertiary/aromatic N) is 3. The smallest absolute Gasteiger partial charge is 0.132 e. The van der Waals surface area contributed by atoms with Gasteiger partial charge in [-0.2, -0.15) is 0 Å². The lowest BCUT2D eigenvalue weighted by molar-refractivity contribution is 0.0732. The average Bonchev–Trinajstić information content (AvgIpc) is 2.45. The molecule has 0 radical (unpaired) electrons. The molecule has 0 amide bonds. The molecule has 1 aliphatic carbocycles. The van der Waals surface area contributed by atoms with E-state index in [2.05, 4.69) is 27.0 Å². The van der Waals surface area contributed by atoms with Crippen molar-refractivity contribution < 1.29 is 5.11 Å². The maximum Gasteiger partial charge on any atom is 0.132 e. The van der Waals surface area contributed by atoms with Crippen LogP contribution < -0.4 is 4.90 Å². The molecule has 4 heteroatoms. The van der Waals surface area contributed by atoms with Crippen molar-refractivity contribution in [3.05, 3.63) is 54.0 Å². The first-order chi connectivity index (χ1) is 9.72. The quantitative estimate of drug-likeness (QED) is 0.925. The molecule has 3 rings (SSSR count). The summed E-state index contributed by atoms with van der Waals surface area (Å²) < 4.78 is 0. The van der Waals surface area contributed by atoms with Crippen LogP contribution in [0.2, 0.25) is 0 Å². The Hall–Kier alpha value is -1.94. The van der Waals surface area contributed by atoms with E-state index in [0.717, 1.165) is 30.9 Å². The van der Waals surface area contributed by atoms with E-state index in [1.54, 1.807) is 6.33 Å². The summed E-state index contributed by atoms with van der Waals surface area (Å²) in [5.41, 5.74) is 2.30. The van der Waals surface area contributed by atoms with Crippen LogP contribution >= 0.6 is 0 Å². The van der Waals surface area contributed by atoms with Crippen LogP contribution in [-0.4, -0.2) is 28.2 Å². The van der Waals surface area contributed by atoms with Crippen LogP contribution in [0.4, 0.5) is 5.82 Å². The second-order valence-electron chi connectivity index (χ2n) is 5.46. The normalized spacial score (nSPS) is 21.3. The Morgan fingerprint density at radius 1 is 1.20 bits per heavy atom. The monoisotopic (exact) mass is 269 g/mol. The molecule has 1 aromatic carbocycles. The van der Waals surface area contributed by atoms with Gasteiger partial charge in [-0.15, -0.1) is 0 Å². The Balaban J connectivity index is 1.71. The zero-order valence-corrected chi connectivity index (χ0v) is 11.6. The second kappa shape index (κ2) is 5.59. The van der Waals surface area contributed by atoms with Crippen molar-refractivity contribution in [2.75, 3.05) is 11.9 Å². The maximum absolute atomic E-state index is 9.40. The molecule has 1 aliphatic rings. The van der Waals surface area contributed by atoms with Crippen LogP contribution in [0.15, 0.2) is 42.7 Å². The largest absolute Gasteiger partial charge is 0.393 e. The molecule has 20 heavy (non-hydrogen) atoms. The third-order valence-electron chi connectivity index (χ3n) is 3.86. The Morgan fingerprint density at radius 3 is 2.65 bits per heavy atom. The van der Waals surface area contributed by atoms with Crippen molar-refractivity contribution >= 4 is 5.82 Å². The SMILES string of the molecule is CN(Cc1ccccc1)c1cc(C2CC(O)C2)ncn1. The summed E-state index contributed by atoms with van der Waals surface area (Å²) >= 11 is 0. The summed E-state index contributed by atoms with van der Waals surface area (Å²) in [5.74, 6) is 1.32. The molecule has 4 nitrogen and oxygen atoms in total. The van der Waals surface area contributed by atoms with Gasteiger partial charge in [-0.05, 0) is 18.4 Å². The van der Waals surface area contributed by atoms with Crippen molar-refractivity contribution in [1.29, 1.82) is 0 Å². The molecule has 0 atom stereocenters. The minimum absolute atomic E-state index is 0.152. The predicted octanol–water partition coefficient (Wildman–Crippen LogP) is 2.35. The van der Waals surface area contributed by atoms with Crippen molar-refractivity contribution in [1.82, 2.24) is 9.97 Å². The average molecular weight is 269 g/mol. The van der Waals surface area contributed by atoms with Gasteiger partial charge in [0.15, 0.2) is 0 Å². The Bertz CT molecular complexity index is 567. The third-order valence-corrected chi connectivity index (χ3v) is 3.86. The number of hydrogen-bond donors (Lipinski definition) is 1. The summed E-state index contributed by atoms with van der Waals surface area (Å²) in [4.78, 5) is 10.8. The highest BCUT2D eigenvalue weighted by molar-refractivity contribution is 5.40. The summed E-state index contributed by atoms with van der Waals surface area (Å²) in [7, 11) is 2.04. The van der Waals surface area contributed by atoms with E-state index in [1.807, 2.05) is 31.3 Å². The number of rotatable bonds is 4. The first-order valence-corrected chi connectivity index (χ1v) is 6.97. The molecular formula is C16H19N3O. The lowest BCUT2D eigenvalue weighted by atomic mass is 9.80. The number of anilines is 1. The highest BCUT2D eigenvalue weighted by Gasteiger charge is 2.29. The summed E-state index contributed by atoms with van der Waals surface area (Å²) in [6.45, 7) is 0.824. The van der Waals surface area contributed by atoms with Crippen LogP contribution in [0, 0.1) is 0 Å². The fraction of sp³-hybridized carbons (Fsp3) is 0.375. The standard InChI is InChI=1S/C16H19N3O/c1-19(10-12-5-3-2-4-6-12)16-9-15(17-11-18-16)13-7-14(20)8-13/h2-6,9,11,13-14,20H,7-8,10H2,1H3. The zero-order chi connectivity index (χ0) is 13.9. The summed E-state index contributed by atoms with van der Waals surface area (Å²) in [6, 6.07) is 12.4. The van der Waals surface area contributed by atoms with Crippen molar-refractivity contribution in [2.45, 2.75) is 31.4 Å². The van der Waals surface area contributed by atoms with E-state index < -0.39 is 0 Å². The van der Waals surface area contributed by atoms with E-state index >= 15 is 0 Å². The Labute approximate surface area is 119 Å².